The van der Waals surface area contributed by atoms with Crippen molar-refractivity contribution in [3.63, 3.8) is 0 Å². The van der Waals surface area contributed by atoms with E-state index in [0.29, 0.717) is 10.6 Å². The van der Waals surface area contributed by atoms with E-state index in [4.69, 9.17) is 22.1 Å². The van der Waals surface area contributed by atoms with E-state index in [2.05, 4.69) is 4.98 Å². The number of amides is 1. The molecule has 0 bridgehead atoms. The Bertz CT molecular complexity index is 1140. The highest BCUT2D eigenvalue weighted by molar-refractivity contribution is 6.30. The number of nitrogen functional groups attached to an aromatic ring is 1. The largest absolute Gasteiger partial charge is 0.383 e. The molecule has 0 atom stereocenters. The molecular weight excluding hydrogens is 408 g/mol. The van der Waals surface area contributed by atoms with Crippen molar-refractivity contribution in [3.05, 3.63) is 91.6 Å². The van der Waals surface area contributed by atoms with Gasteiger partial charge >= 0.3 is 5.69 Å². The minimum absolute atomic E-state index is 0.0814. The number of H-pyrrole nitrogens is 1. The van der Waals surface area contributed by atoms with Crippen LogP contribution >= 0.6 is 11.6 Å². The van der Waals surface area contributed by atoms with E-state index in [-0.39, 0.29) is 31.2 Å². The average Bonchev–Trinajstić information content (AvgIpc) is 2.73. The lowest BCUT2D eigenvalue weighted by Crippen LogP contribution is -2.41. The fourth-order valence-electron chi connectivity index (χ4n) is 3.01. The first-order chi connectivity index (χ1) is 14.4. The third-order valence-corrected chi connectivity index (χ3v) is 4.77. The Hall–Kier alpha value is -3.36. The Labute approximate surface area is 177 Å². The van der Waals surface area contributed by atoms with Gasteiger partial charge in [0.15, 0.2) is 5.69 Å². The van der Waals surface area contributed by atoms with Crippen LogP contribution in [0.2, 0.25) is 5.02 Å². The van der Waals surface area contributed by atoms with E-state index in [1.54, 1.807) is 24.3 Å². The van der Waals surface area contributed by atoms with Gasteiger partial charge < -0.3 is 10.5 Å². The molecule has 3 N–H and O–H groups in total. The molecule has 30 heavy (non-hydrogen) atoms. The zero-order valence-corrected chi connectivity index (χ0v) is 17.1. The Morgan fingerprint density at radius 1 is 1.13 bits per heavy atom. The van der Waals surface area contributed by atoms with Gasteiger partial charge in [-0.1, -0.05) is 41.9 Å². The maximum Gasteiger partial charge on any atom is 0.330 e. The van der Waals surface area contributed by atoms with Gasteiger partial charge in [-0.15, -0.1) is 0 Å². The first-order valence-electron chi connectivity index (χ1n) is 9.15. The third-order valence-electron chi connectivity index (χ3n) is 4.52. The van der Waals surface area contributed by atoms with Gasteiger partial charge in [0.25, 0.3) is 11.5 Å². The first-order valence-corrected chi connectivity index (χ1v) is 9.53. The molecule has 3 aromatic rings. The van der Waals surface area contributed by atoms with Crippen LogP contribution in [0.4, 0.5) is 11.5 Å². The summed E-state index contributed by atoms with van der Waals surface area (Å²) < 4.78 is 6.18. The Kier molecular flexibility index (Phi) is 6.71. The number of methoxy groups -OCH3 is 1. The number of ether oxygens (including phenoxy) is 1. The Morgan fingerprint density at radius 3 is 2.43 bits per heavy atom. The van der Waals surface area contributed by atoms with E-state index in [1.165, 1.54) is 16.6 Å². The molecule has 0 aliphatic heterocycles. The van der Waals surface area contributed by atoms with Crippen LogP contribution in [0.3, 0.4) is 0 Å². The zero-order chi connectivity index (χ0) is 21.7. The molecule has 0 aliphatic carbocycles. The number of benzene rings is 2. The lowest BCUT2D eigenvalue weighted by atomic mass is 10.1. The van der Waals surface area contributed by atoms with Gasteiger partial charge in [-0.2, -0.15) is 0 Å². The lowest BCUT2D eigenvalue weighted by molar-refractivity contribution is 0.0984. The first kappa shape index (κ1) is 21.4. The van der Waals surface area contributed by atoms with E-state index >= 15 is 0 Å². The molecule has 0 radical (unpaired) electrons. The van der Waals surface area contributed by atoms with E-state index in [0.717, 1.165) is 5.56 Å². The summed E-state index contributed by atoms with van der Waals surface area (Å²) in [4.78, 5) is 41.8. The maximum atomic E-state index is 13.3. The fourth-order valence-corrected chi connectivity index (χ4v) is 3.14. The van der Waals surface area contributed by atoms with Crippen LogP contribution in [0, 0.1) is 0 Å². The highest BCUT2D eigenvalue weighted by Crippen LogP contribution is 2.22. The van der Waals surface area contributed by atoms with Crippen LogP contribution < -0.4 is 21.9 Å². The lowest BCUT2D eigenvalue weighted by Gasteiger charge is -2.25. The number of hydrogen-bond donors (Lipinski definition) is 2. The number of aromatic amines is 1. The van der Waals surface area contributed by atoms with Gasteiger partial charge in [0.2, 0.25) is 0 Å². The van der Waals surface area contributed by atoms with Gasteiger partial charge in [0, 0.05) is 17.7 Å². The van der Waals surface area contributed by atoms with Crippen molar-refractivity contribution in [3.8, 4) is 0 Å². The molecule has 0 saturated carbocycles. The fraction of sp³-hybridized carbons (Fsp3) is 0.190. The molecule has 1 amide bonds. The van der Waals surface area contributed by atoms with Gasteiger partial charge in [-0.05, 0) is 29.8 Å². The summed E-state index contributed by atoms with van der Waals surface area (Å²) in [6, 6.07) is 15.5. The zero-order valence-electron chi connectivity index (χ0n) is 16.3. The second-order valence-electron chi connectivity index (χ2n) is 6.52. The van der Waals surface area contributed by atoms with E-state index in [1.807, 2.05) is 30.3 Å². The number of hydrogen-bond acceptors (Lipinski definition) is 5. The Morgan fingerprint density at radius 2 is 1.80 bits per heavy atom. The second kappa shape index (κ2) is 9.43. The molecule has 2 aromatic carbocycles. The van der Waals surface area contributed by atoms with Crippen LogP contribution in [0.25, 0.3) is 0 Å². The molecule has 0 aliphatic rings. The number of carbonyl (C=O) groups excluding carboxylic acids is 1. The molecular formula is C21H21ClN4O4. The number of nitrogens with two attached hydrogens (primary N) is 1. The third kappa shape index (κ3) is 4.61. The molecule has 0 saturated heterocycles. The predicted octanol–water partition coefficient (Wildman–Crippen LogP) is 2.27. The van der Waals surface area contributed by atoms with Crippen LogP contribution in [0.5, 0.6) is 0 Å². The highest BCUT2D eigenvalue weighted by Gasteiger charge is 2.25. The highest BCUT2D eigenvalue weighted by atomic mass is 35.5. The van der Waals surface area contributed by atoms with Crippen LogP contribution in [0.1, 0.15) is 15.9 Å². The Balaban J connectivity index is 2.14. The summed E-state index contributed by atoms with van der Waals surface area (Å²) in [6.07, 6.45) is 0. The van der Waals surface area contributed by atoms with E-state index < -0.39 is 17.2 Å². The summed E-state index contributed by atoms with van der Waals surface area (Å²) in [5, 5.41) is 0.478. The number of rotatable bonds is 7. The monoisotopic (exact) mass is 428 g/mol. The number of anilines is 2. The van der Waals surface area contributed by atoms with Gasteiger partial charge in [0.1, 0.15) is 5.82 Å². The predicted molar refractivity (Wildman–Crippen MR) is 116 cm³/mol. The van der Waals surface area contributed by atoms with Crippen molar-refractivity contribution in [2.45, 2.75) is 13.1 Å². The second-order valence-corrected chi connectivity index (χ2v) is 6.96. The normalized spacial score (nSPS) is 10.7. The quantitative estimate of drug-likeness (QED) is 0.599. The summed E-state index contributed by atoms with van der Waals surface area (Å²) in [6.45, 7) is 0.413. The minimum Gasteiger partial charge on any atom is -0.383 e. The van der Waals surface area contributed by atoms with Crippen molar-refractivity contribution >= 4 is 29.0 Å². The van der Waals surface area contributed by atoms with Crippen LogP contribution in [-0.4, -0.2) is 29.2 Å². The van der Waals surface area contributed by atoms with Crippen molar-refractivity contribution in [2.24, 2.45) is 0 Å². The summed E-state index contributed by atoms with van der Waals surface area (Å²) in [5.41, 5.74) is 5.78. The van der Waals surface area contributed by atoms with Crippen LogP contribution in [-0.2, 0) is 17.8 Å². The number of aromatic nitrogens is 2. The number of halogens is 1. The molecule has 156 valence electrons. The van der Waals surface area contributed by atoms with Gasteiger partial charge in [-0.25, -0.2) is 4.79 Å². The topological polar surface area (TPSA) is 110 Å². The summed E-state index contributed by atoms with van der Waals surface area (Å²) in [5.74, 6) is -0.566. The molecule has 0 spiro atoms. The molecule has 3 rings (SSSR count). The van der Waals surface area contributed by atoms with E-state index in [9.17, 15) is 14.4 Å². The molecule has 9 heteroatoms. The SMILES string of the molecule is COCCn1c(N)c(N(Cc2ccccc2)C(=O)c2ccc(Cl)cc2)c(=O)[nH]c1=O. The standard InChI is InChI=1S/C21H21ClN4O4/c1-30-12-11-25-18(23)17(19(27)24-21(25)29)26(13-14-5-3-2-4-6-14)20(28)15-7-9-16(22)10-8-15/h2-10H,11-13,23H2,1H3,(H,24,27,29). The number of nitrogens with zero attached hydrogens (tertiary/aromatic N) is 2. The van der Waals surface area contributed by atoms with Crippen molar-refractivity contribution in [2.75, 3.05) is 24.4 Å². The number of nitrogens with one attached hydrogen (secondary N) is 1. The van der Waals surface area contributed by atoms with Gasteiger partial charge in [-0.3, -0.25) is 24.0 Å². The summed E-state index contributed by atoms with van der Waals surface area (Å²) >= 11 is 5.93. The molecule has 0 fully saturated rings. The van der Waals surface area contributed by atoms with Crippen LogP contribution in [0.15, 0.2) is 64.2 Å². The molecule has 0 unspecified atom stereocenters. The van der Waals surface area contributed by atoms with Crippen molar-refractivity contribution in [1.82, 2.24) is 9.55 Å². The van der Waals surface area contributed by atoms with Crippen molar-refractivity contribution in [1.29, 1.82) is 0 Å². The van der Waals surface area contributed by atoms with Gasteiger partial charge in [0.05, 0.1) is 19.7 Å². The maximum absolute atomic E-state index is 13.3. The van der Waals surface area contributed by atoms with Crippen molar-refractivity contribution < 1.29 is 9.53 Å². The summed E-state index contributed by atoms with van der Waals surface area (Å²) in [7, 11) is 1.49. The average molecular weight is 429 g/mol. The molecule has 1 heterocycles. The minimum atomic E-state index is -0.746. The number of carbonyl (C=O) groups is 1. The smallest absolute Gasteiger partial charge is 0.330 e. The molecule has 1 aromatic heterocycles. The molecule has 8 nitrogen and oxygen atoms in total.